The monoisotopic (exact) mass is 379 g/mol. The number of benzene rings is 1. The Morgan fingerprint density at radius 2 is 2.07 bits per heavy atom. The summed E-state index contributed by atoms with van der Waals surface area (Å²) >= 11 is 0. The molecule has 0 bridgehead atoms. The molecular weight excluding hydrogens is 361 g/mol. The molecule has 0 aliphatic carbocycles. The highest BCUT2D eigenvalue weighted by Gasteiger charge is 2.40. The average Bonchev–Trinajstić information content (AvgIpc) is 3.46. The normalized spacial score (nSPS) is 20.9. The van der Waals surface area contributed by atoms with Crippen LogP contribution in [0, 0.1) is 6.08 Å². The topological polar surface area (TPSA) is 70.6 Å². The van der Waals surface area contributed by atoms with E-state index in [1.165, 1.54) is 10.8 Å². The van der Waals surface area contributed by atoms with E-state index < -0.39 is 6.08 Å². The summed E-state index contributed by atoms with van der Waals surface area (Å²) in [5, 5.41) is 12.2. The minimum Gasteiger partial charge on any atom is -0.298 e. The molecule has 0 N–H and O–H groups in total. The van der Waals surface area contributed by atoms with Crippen molar-refractivity contribution in [2.75, 3.05) is 30.4 Å². The van der Waals surface area contributed by atoms with Gasteiger partial charge in [-0.05, 0) is 43.8 Å². The summed E-state index contributed by atoms with van der Waals surface area (Å²) in [5.41, 5.74) is 2.59. The fourth-order valence-corrected chi connectivity index (χ4v) is 4.41. The highest BCUT2D eigenvalue weighted by atomic mass is 19.1. The molecule has 2 aromatic heterocycles. The number of imidazole rings is 1. The van der Waals surface area contributed by atoms with E-state index in [9.17, 15) is 4.39 Å². The molecule has 6 rings (SSSR count). The number of rotatable bonds is 2. The van der Waals surface area contributed by atoms with Crippen LogP contribution in [0.1, 0.15) is 30.1 Å². The second kappa shape index (κ2) is 5.61. The maximum absolute atomic E-state index is 14.5. The third-order valence-electron chi connectivity index (χ3n) is 5.72. The van der Waals surface area contributed by atoms with Gasteiger partial charge >= 0.3 is 0 Å². The summed E-state index contributed by atoms with van der Waals surface area (Å²) < 4.78 is 16.0. The van der Waals surface area contributed by atoms with Gasteiger partial charge in [0.15, 0.2) is 18.3 Å². The zero-order valence-electron chi connectivity index (χ0n) is 15.3. The van der Waals surface area contributed by atoms with Crippen LogP contribution in [0.2, 0.25) is 0 Å². The number of hydrogen-bond donors (Lipinski definition) is 0. The van der Waals surface area contributed by atoms with E-state index in [-0.39, 0.29) is 6.04 Å². The predicted octanol–water partition coefficient (Wildman–Crippen LogP) is 1.46. The lowest BCUT2D eigenvalue weighted by atomic mass is 10.1. The van der Waals surface area contributed by atoms with Crippen molar-refractivity contribution in [1.29, 1.82) is 0 Å². The van der Waals surface area contributed by atoms with Gasteiger partial charge in [0.05, 0.1) is 24.1 Å². The number of hydrazine groups is 1. The van der Waals surface area contributed by atoms with Crippen molar-refractivity contribution >= 4 is 11.7 Å². The Bertz CT molecular complexity index is 1100. The average molecular weight is 379 g/mol. The number of hydrogen-bond acceptors (Lipinski definition) is 7. The van der Waals surface area contributed by atoms with Crippen molar-refractivity contribution in [3.05, 3.63) is 54.0 Å². The largest absolute Gasteiger partial charge is 0.298 e. The summed E-state index contributed by atoms with van der Waals surface area (Å²) in [7, 11) is 2.11. The summed E-state index contributed by atoms with van der Waals surface area (Å²) in [4.78, 5) is 12.7. The minimum atomic E-state index is -0.553. The van der Waals surface area contributed by atoms with Gasteiger partial charge in [0.25, 0.3) is 6.08 Å². The fraction of sp³-hybridized carbons (Fsp3) is 0.333. The molecule has 1 saturated heterocycles. The highest BCUT2D eigenvalue weighted by molar-refractivity contribution is 6.15. The molecule has 1 aromatic carbocycles. The van der Waals surface area contributed by atoms with Gasteiger partial charge in [0, 0.05) is 5.56 Å². The Balaban J connectivity index is 1.49. The van der Waals surface area contributed by atoms with Crippen LogP contribution in [0.25, 0.3) is 5.69 Å². The predicted molar refractivity (Wildman–Crippen MR) is 100 cm³/mol. The number of halogens is 1. The van der Waals surface area contributed by atoms with Crippen molar-refractivity contribution in [3.63, 3.8) is 0 Å². The van der Waals surface area contributed by atoms with E-state index in [1.54, 1.807) is 11.0 Å². The maximum Gasteiger partial charge on any atom is 0.295 e. The van der Waals surface area contributed by atoms with E-state index in [1.807, 2.05) is 34.4 Å². The lowest BCUT2D eigenvalue weighted by Crippen LogP contribution is -2.52. The molecule has 5 heterocycles. The van der Waals surface area contributed by atoms with Gasteiger partial charge in [0.2, 0.25) is 0 Å². The van der Waals surface area contributed by atoms with E-state index in [2.05, 4.69) is 27.2 Å². The van der Waals surface area contributed by atoms with Crippen LogP contribution in [0.3, 0.4) is 0 Å². The Kier molecular flexibility index (Phi) is 3.16. The highest BCUT2D eigenvalue weighted by Crippen LogP contribution is 2.36. The third-order valence-corrected chi connectivity index (χ3v) is 5.72. The molecule has 10 heteroatoms. The van der Waals surface area contributed by atoms with Crippen LogP contribution in [-0.4, -0.2) is 55.7 Å². The number of para-hydroxylation sites is 1. The van der Waals surface area contributed by atoms with Crippen molar-refractivity contribution in [2.45, 2.75) is 18.9 Å². The quantitative estimate of drug-likeness (QED) is 0.671. The first-order valence-corrected chi connectivity index (χ1v) is 9.30. The van der Waals surface area contributed by atoms with Gasteiger partial charge in [-0.3, -0.25) is 9.47 Å². The van der Waals surface area contributed by atoms with Crippen LogP contribution >= 0.6 is 0 Å². The van der Waals surface area contributed by atoms with E-state index in [0.29, 0.717) is 12.5 Å². The van der Waals surface area contributed by atoms with Gasteiger partial charge in [-0.25, -0.2) is 9.98 Å². The summed E-state index contributed by atoms with van der Waals surface area (Å²) in [6.45, 7) is 1.41. The molecule has 1 atom stereocenters. The van der Waals surface area contributed by atoms with Crippen LogP contribution in [0.4, 0.5) is 10.2 Å². The molecular formula is C18H18FN9. The Hall–Kier alpha value is -3.27. The Morgan fingerprint density at radius 3 is 2.93 bits per heavy atom. The number of likely N-dealkylation sites (tertiary alicyclic amines) is 1. The SMILES string of the molecule is CN1CCCC1c1cnnn1N1CN=C2c3ccccc3-n3c(cnc3F)N21. The number of aliphatic imine (C=N–C) groups is 1. The summed E-state index contributed by atoms with van der Waals surface area (Å²) in [6, 6.07) is 7.88. The van der Waals surface area contributed by atoms with Crippen molar-refractivity contribution < 1.29 is 4.39 Å². The van der Waals surface area contributed by atoms with Crippen LogP contribution < -0.4 is 10.1 Å². The molecule has 3 aliphatic rings. The molecule has 9 nitrogen and oxygen atoms in total. The lowest BCUT2D eigenvalue weighted by molar-refractivity contribution is 0.299. The molecule has 3 aliphatic heterocycles. The second-order valence-corrected chi connectivity index (χ2v) is 7.23. The van der Waals surface area contributed by atoms with Crippen molar-refractivity contribution in [1.82, 2.24) is 29.6 Å². The van der Waals surface area contributed by atoms with E-state index in [4.69, 9.17) is 4.99 Å². The van der Waals surface area contributed by atoms with Gasteiger partial charge in [-0.1, -0.05) is 12.1 Å². The van der Waals surface area contributed by atoms with E-state index >= 15 is 0 Å². The van der Waals surface area contributed by atoms with Crippen LogP contribution in [0.5, 0.6) is 0 Å². The first kappa shape index (κ1) is 15.8. The molecule has 1 unspecified atom stereocenters. The van der Waals surface area contributed by atoms with Crippen LogP contribution in [-0.2, 0) is 0 Å². The Labute approximate surface area is 160 Å². The molecule has 28 heavy (non-hydrogen) atoms. The Morgan fingerprint density at radius 1 is 1.18 bits per heavy atom. The van der Waals surface area contributed by atoms with Gasteiger partial charge in [-0.15, -0.1) is 9.89 Å². The first-order chi connectivity index (χ1) is 13.7. The molecule has 0 saturated carbocycles. The summed E-state index contributed by atoms with van der Waals surface area (Å²) in [5.74, 6) is 1.35. The van der Waals surface area contributed by atoms with Crippen molar-refractivity contribution in [3.8, 4) is 5.69 Å². The molecule has 1 fully saturated rings. The van der Waals surface area contributed by atoms with E-state index in [0.717, 1.165) is 42.2 Å². The number of anilines is 1. The minimum absolute atomic E-state index is 0.248. The lowest BCUT2D eigenvalue weighted by Gasteiger charge is -2.35. The number of nitrogens with zero attached hydrogens (tertiary/aromatic N) is 9. The van der Waals surface area contributed by atoms with Crippen molar-refractivity contribution in [2.24, 2.45) is 4.99 Å². The fourth-order valence-electron chi connectivity index (χ4n) is 4.41. The molecule has 0 spiro atoms. The van der Waals surface area contributed by atoms with Gasteiger partial charge in [-0.2, -0.15) is 14.5 Å². The molecule has 0 radical (unpaired) electrons. The third kappa shape index (κ3) is 1.97. The molecule has 142 valence electrons. The molecule has 3 aromatic rings. The maximum atomic E-state index is 14.5. The first-order valence-electron chi connectivity index (χ1n) is 9.30. The zero-order chi connectivity index (χ0) is 18.8. The summed E-state index contributed by atoms with van der Waals surface area (Å²) in [6.07, 6.45) is 4.98. The number of aromatic nitrogens is 5. The smallest absolute Gasteiger partial charge is 0.295 e. The standard InChI is InChI=1S/C18H18FN9/c1-24-8-4-7-14(24)15-9-22-23-28(15)25-11-21-17-12-5-2-3-6-13(12)26-16(27(17)25)10-20-18(26)19/h2-3,5-6,9-10,14H,4,7-8,11H2,1H3. The zero-order valence-corrected chi connectivity index (χ0v) is 15.3. The number of fused-ring (bicyclic) bond motifs is 6. The second-order valence-electron chi connectivity index (χ2n) is 7.23. The molecule has 0 amide bonds. The van der Waals surface area contributed by atoms with Crippen LogP contribution in [0.15, 0.2) is 41.7 Å². The van der Waals surface area contributed by atoms with Gasteiger partial charge < -0.3 is 0 Å². The van der Waals surface area contributed by atoms with Gasteiger partial charge in [0.1, 0.15) is 5.69 Å². The number of amidine groups is 1.